The zero-order valence-corrected chi connectivity index (χ0v) is 20.7. The summed E-state index contributed by atoms with van der Waals surface area (Å²) < 4.78 is 14.1. The molecule has 0 saturated heterocycles. The fourth-order valence-corrected chi connectivity index (χ4v) is 4.41. The van der Waals surface area contributed by atoms with Crippen LogP contribution in [0.1, 0.15) is 46.7 Å². The second kappa shape index (κ2) is 10.8. The van der Waals surface area contributed by atoms with Crippen LogP contribution < -0.4 is 15.5 Å². The van der Waals surface area contributed by atoms with Crippen molar-refractivity contribution in [1.29, 1.82) is 0 Å². The summed E-state index contributed by atoms with van der Waals surface area (Å²) in [5, 5.41) is 15.1. The van der Waals surface area contributed by atoms with Crippen molar-refractivity contribution in [2.24, 2.45) is 0 Å². The fraction of sp³-hybridized carbons (Fsp3) is 0.400. The van der Waals surface area contributed by atoms with Crippen molar-refractivity contribution in [3.05, 3.63) is 52.1 Å². The molecular weight excluding hydrogens is 453 g/mol. The van der Waals surface area contributed by atoms with Gasteiger partial charge in [-0.1, -0.05) is 13.8 Å². The van der Waals surface area contributed by atoms with E-state index < -0.39 is 23.9 Å². The van der Waals surface area contributed by atoms with Gasteiger partial charge in [0.2, 0.25) is 0 Å². The molecule has 188 valence electrons. The molecular formula is C25H32FN5O4. The largest absolute Gasteiger partial charge is 0.479 e. The summed E-state index contributed by atoms with van der Waals surface area (Å²) >= 11 is 0. The van der Waals surface area contributed by atoms with Crippen LogP contribution in [0.25, 0.3) is 11.6 Å². The van der Waals surface area contributed by atoms with E-state index in [0.29, 0.717) is 34.7 Å². The molecule has 35 heavy (non-hydrogen) atoms. The molecule has 0 bridgehead atoms. The number of halogens is 1. The van der Waals surface area contributed by atoms with Gasteiger partial charge in [0.15, 0.2) is 6.17 Å². The molecule has 0 fully saturated rings. The first-order valence-electron chi connectivity index (χ1n) is 11.6. The van der Waals surface area contributed by atoms with Crippen molar-refractivity contribution in [2.45, 2.75) is 33.9 Å². The Kier molecular flexibility index (Phi) is 8.08. The fourth-order valence-electron chi connectivity index (χ4n) is 4.41. The predicted molar refractivity (Wildman–Crippen MR) is 133 cm³/mol. The minimum atomic E-state index is -1.32. The molecule has 2 heterocycles. The third kappa shape index (κ3) is 5.13. The number of benzene rings is 1. The van der Waals surface area contributed by atoms with E-state index in [1.807, 2.05) is 0 Å². The maximum atomic E-state index is 14.1. The van der Waals surface area contributed by atoms with Crippen molar-refractivity contribution in [1.82, 2.24) is 20.5 Å². The zero-order valence-electron chi connectivity index (χ0n) is 20.7. The van der Waals surface area contributed by atoms with E-state index >= 15 is 0 Å². The van der Waals surface area contributed by atoms with Gasteiger partial charge in [-0.05, 0) is 63.8 Å². The number of aliphatic carboxylic acids is 1. The van der Waals surface area contributed by atoms with E-state index in [4.69, 9.17) is 0 Å². The number of aromatic nitrogens is 1. The summed E-state index contributed by atoms with van der Waals surface area (Å²) in [4.78, 5) is 44.4. The number of fused-ring (bicyclic) bond motifs is 1. The number of nitrogens with zero attached hydrogens (tertiary/aromatic N) is 2. The first-order valence-corrected chi connectivity index (χ1v) is 11.6. The summed E-state index contributed by atoms with van der Waals surface area (Å²) in [6, 6.07) is 3.78. The number of carboxylic acids is 1. The minimum absolute atomic E-state index is 0.138. The molecule has 2 aromatic rings. The standard InChI is InChI=1S/C25H32FN5O4/c1-6-30(7-2)11-10-28-23(32)21-14(3)19(29-15(21)4)13-18-17-12-16(26)8-9-20(17)31(24(18)33)22(27-5)25(34)35/h8-9,12-13,22,27,29H,6-7,10-11H2,1-5H3,(H,28,32)(H,34,35). The summed E-state index contributed by atoms with van der Waals surface area (Å²) in [7, 11) is 1.43. The lowest BCUT2D eigenvalue weighted by molar-refractivity contribution is -0.140. The van der Waals surface area contributed by atoms with Crippen LogP contribution in [0.3, 0.4) is 0 Å². The quantitative estimate of drug-likeness (QED) is 0.384. The van der Waals surface area contributed by atoms with Crippen LogP contribution in [0.2, 0.25) is 0 Å². The SMILES string of the molecule is CCN(CC)CCNC(=O)c1c(C)[nH]c(C=C2C(=O)N(C(NC)C(=O)O)c3ccc(F)cc32)c1C. The first kappa shape index (κ1) is 26.1. The van der Waals surface area contributed by atoms with Crippen LogP contribution in [-0.2, 0) is 9.59 Å². The number of aromatic amines is 1. The number of H-pyrrole nitrogens is 1. The van der Waals surface area contributed by atoms with Crippen LogP contribution in [0.4, 0.5) is 10.1 Å². The molecule has 1 unspecified atom stereocenters. The molecule has 0 spiro atoms. The number of likely N-dealkylation sites (N-methyl/N-ethyl adjacent to an activating group) is 2. The Bertz CT molecular complexity index is 1170. The van der Waals surface area contributed by atoms with E-state index in [1.54, 1.807) is 19.9 Å². The third-order valence-corrected chi connectivity index (χ3v) is 6.32. The van der Waals surface area contributed by atoms with Gasteiger partial charge in [0, 0.05) is 30.0 Å². The molecule has 0 radical (unpaired) electrons. The molecule has 9 nitrogen and oxygen atoms in total. The van der Waals surface area contributed by atoms with Gasteiger partial charge in [-0.15, -0.1) is 0 Å². The number of carbonyl (C=O) groups is 3. The zero-order chi connectivity index (χ0) is 25.9. The number of hydrogen-bond acceptors (Lipinski definition) is 5. The van der Waals surface area contributed by atoms with Gasteiger partial charge >= 0.3 is 5.97 Å². The first-order chi connectivity index (χ1) is 16.6. The van der Waals surface area contributed by atoms with E-state index in [9.17, 15) is 23.9 Å². The highest BCUT2D eigenvalue weighted by Crippen LogP contribution is 2.39. The number of carboxylic acid groups (broad SMARTS) is 1. The summed E-state index contributed by atoms with van der Waals surface area (Å²) in [6.07, 6.45) is 0.223. The number of carbonyl (C=O) groups excluding carboxylic acids is 2. The average molecular weight is 486 g/mol. The van der Waals surface area contributed by atoms with Gasteiger partial charge in [0.1, 0.15) is 5.82 Å². The highest BCUT2D eigenvalue weighted by Gasteiger charge is 2.40. The maximum Gasteiger partial charge on any atom is 0.342 e. The Morgan fingerprint density at radius 3 is 2.54 bits per heavy atom. The molecule has 1 atom stereocenters. The normalized spacial score (nSPS) is 15.1. The highest BCUT2D eigenvalue weighted by molar-refractivity contribution is 6.36. The van der Waals surface area contributed by atoms with E-state index in [2.05, 4.69) is 34.4 Å². The van der Waals surface area contributed by atoms with Gasteiger partial charge in [-0.25, -0.2) is 9.18 Å². The summed E-state index contributed by atoms with van der Waals surface area (Å²) in [6.45, 7) is 10.7. The second-order valence-electron chi connectivity index (χ2n) is 8.37. The third-order valence-electron chi connectivity index (χ3n) is 6.32. The van der Waals surface area contributed by atoms with Crippen LogP contribution >= 0.6 is 0 Å². The minimum Gasteiger partial charge on any atom is -0.479 e. The molecule has 3 rings (SSSR count). The van der Waals surface area contributed by atoms with Gasteiger partial charge < -0.3 is 20.3 Å². The molecule has 1 aliphatic rings. The Hall–Kier alpha value is -3.50. The van der Waals surface area contributed by atoms with Gasteiger partial charge in [0.25, 0.3) is 11.8 Å². The number of rotatable bonds is 10. The van der Waals surface area contributed by atoms with Crippen LogP contribution in [-0.4, -0.2) is 72.2 Å². The molecule has 0 aliphatic carbocycles. The second-order valence-corrected chi connectivity index (χ2v) is 8.37. The Morgan fingerprint density at radius 2 is 1.94 bits per heavy atom. The number of nitrogens with one attached hydrogen (secondary N) is 3. The molecule has 0 saturated carbocycles. The molecule has 1 aromatic heterocycles. The Morgan fingerprint density at radius 1 is 1.26 bits per heavy atom. The maximum absolute atomic E-state index is 14.1. The lowest BCUT2D eigenvalue weighted by Crippen LogP contribution is -2.51. The van der Waals surface area contributed by atoms with Crippen molar-refractivity contribution in [3.63, 3.8) is 0 Å². The van der Waals surface area contributed by atoms with Gasteiger partial charge in [0.05, 0.1) is 16.8 Å². The molecule has 1 aliphatic heterocycles. The van der Waals surface area contributed by atoms with Crippen molar-refractivity contribution in [2.75, 3.05) is 38.1 Å². The van der Waals surface area contributed by atoms with Crippen LogP contribution in [0.5, 0.6) is 0 Å². The molecule has 1 aromatic carbocycles. The number of aryl methyl sites for hydroxylation is 1. The average Bonchev–Trinajstić information content (AvgIpc) is 3.24. The monoisotopic (exact) mass is 485 g/mol. The van der Waals surface area contributed by atoms with Gasteiger partial charge in [-0.3, -0.25) is 19.8 Å². The smallest absolute Gasteiger partial charge is 0.342 e. The Labute approximate surface area is 204 Å². The Balaban J connectivity index is 1.96. The number of hydrogen-bond donors (Lipinski definition) is 4. The van der Waals surface area contributed by atoms with Crippen molar-refractivity contribution in [3.8, 4) is 0 Å². The molecule has 4 N–H and O–H groups in total. The highest BCUT2D eigenvalue weighted by atomic mass is 19.1. The van der Waals surface area contributed by atoms with E-state index in [0.717, 1.165) is 24.5 Å². The summed E-state index contributed by atoms with van der Waals surface area (Å²) in [5.74, 6) is -2.59. The van der Waals surface area contributed by atoms with Crippen molar-refractivity contribution >= 4 is 35.1 Å². The lowest BCUT2D eigenvalue weighted by atomic mass is 10.0. The molecule has 2 amide bonds. The lowest BCUT2D eigenvalue weighted by Gasteiger charge is -2.24. The van der Waals surface area contributed by atoms with E-state index in [-0.39, 0.29) is 17.0 Å². The van der Waals surface area contributed by atoms with Crippen LogP contribution in [0.15, 0.2) is 18.2 Å². The number of amides is 2. The number of anilines is 1. The topological polar surface area (TPSA) is 118 Å². The predicted octanol–water partition coefficient (Wildman–Crippen LogP) is 2.36. The van der Waals surface area contributed by atoms with Crippen LogP contribution in [0, 0.1) is 19.7 Å². The summed E-state index contributed by atoms with van der Waals surface area (Å²) in [5.41, 5.74) is 3.00. The van der Waals surface area contributed by atoms with E-state index in [1.165, 1.54) is 25.2 Å². The van der Waals surface area contributed by atoms with Gasteiger partial charge in [-0.2, -0.15) is 0 Å². The van der Waals surface area contributed by atoms with Crippen molar-refractivity contribution < 1.29 is 23.9 Å². The molecule has 10 heteroatoms.